The summed E-state index contributed by atoms with van der Waals surface area (Å²) in [6.07, 6.45) is 1.83. The lowest BCUT2D eigenvalue weighted by atomic mass is 10.2. The van der Waals surface area contributed by atoms with Crippen LogP contribution < -0.4 is 11.1 Å². The van der Waals surface area contributed by atoms with Crippen LogP contribution in [-0.4, -0.2) is 12.6 Å². The van der Waals surface area contributed by atoms with E-state index in [9.17, 15) is 8.78 Å². The summed E-state index contributed by atoms with van der Waals surface area (Å²) in [6.45, 7) is 2.66. The van der Waals surface area contributed by atoms with Crippen molar-refractivity contribution in [3.8, 4) is 0 Å². The van der Waals surface area contributed by atoms with Gasteiger partial charge in [0.05, 0.1) is 0 Å². The van der Waals surface area contributed by atoms with Crippen LogP contribution in [0.1, 0.15) is 19.8 Å². The molecule has 1 unspecified atom stereocenters. The molecular weight excluding hydrogens is 198 g/mol. The van der Waals surface area contributed by atoms with Crippen LogP contribution in [0.5, 0.6) is 0 Å². The van der Waals surface area contributed by atoms with Gasteiger partial charge >= 0.3 is 0 Å². The first-order chi connectivity index (χ1) is 7.09. The van der Waals surface area contributed by atoms with Crippen LogP contribution >= 0.6 is 0 Å². The topological polar surface area (TPSA) is 38.0 Å². The predicted molar refractivity (Wildman–Crippen MR) is 57.7 cm³/mol. The first kappa shape index (κ1) is 11.9. The Kier molecular flexibility index (Phi) is 4.49. The monoisotopic (exact) mass is 214 g/mol. The quantitative estimate of drug-likeness (QED) is 0.739. The molecule has 0 fully saturated rings. The summed E-state index contributed by atoms with van der Waals surface area (Å²) in [7, 11) is 0. The molecule has 0 radical (unpaired) electrons. The summed E-state index contributed by atoms with van der Waals surface area (Å²) in [4.78, 5) is 0. The molecule has 0 bridgehead atoms. The van der Waals surface area contributed by atoms with Gasteiger partial charge in [0.2, 0.25) is 0 Å². The highest BCUT2D eigenvalue weighted by Crippen LogP contribution is 2.13. The van der Waals surface area contributed by atoms with E-state index in [0.717, 1.165) is 25.0 Å². The fourth-order valence-electron chi connectivity index (χ4n) is 1.26. The number of hydrogen-bond acceptors (Lipinski definition) is 2. The maximum atomic E-state index is 12.8. The third kappa shape index (κ3) is 4.25. The molecule has 3 N–H and O–H groups in total. The number of benzene rings is 1. The zero-order valence-corrected chi connectivity index (χ0v) is 8.76. The molecule has 84 valence electrons. The fourth-order valence-corrected chi connectivity index (χ4v) is 1.26. The lowest BCUT2D eigenvalue weighted by molar-refractivity contribution is 0.509. The smallest absolute Gasteiger partial charge is 0.160 e. The predicted octanol–water partition coefficient (Wildman–Crippen LogP) is 2.50. The zero-order chi connectivity index (χ0) is 11.3. The number of halogens is 2. The van der Waals surface area contributed by atoms with Crippen molar-refractivity contribution in [3.05, 3.63) is 29.8 Å². The fraction of sp³-hybridized carbons (Fsp3) is 0.455. The number of rotatable bonds is 5. The Hall–Kier alpha value is -1.16. The van der Waals surface area contributed by atoms with Crippen molar-refractivity contribution in [3.63, 3.8) is 0 Å². The molecule has 0 saturated carbocycles. The average molecular weight is 214 g/mol. The molecule has 1 aromatic rings. The molecule has 0 saturated heterocycles. The Bertz CT molecular complexity index is 313. The molecule has 4 heteroatoms. The molecule has 0 aliphatic heterocycles. The number of nitrogens with two attached hydrogens (primary N) is 1. The van der Waals surface area contributed by atoms with Gasteiger partial charge in [-0.3, -0.25) is 0 Å². The van der Waals surface area contributed by atoms with Crippen LogP contribution in [0.3, 0.4) is 0 Å². The van der Waals surface area contributed by atoms with Crippen LogP contribution in [0.15, 0.2) is 18.2 Å². The standard InChI is InChI=1S/C11H16F2N2/c1-8(14)3-2-6-15-9-4-5-10(12)11(13)7-9/h4-5,7-8,15H,2-3,6,14H2,1H3. The minimum absolute atomic E-state index is 0.178. The van der Waals surface area contributed by atoms with Crippen LogP contribution in [-0.2, 0) is 0 Å². The minimum Gasteiger partial charge on any atom is -0.385 e. The molecule has 0 spiro atoms. The molecular formula is C11H16F2N2. The van der Waals surface area contributed by atoms with E-state index in [0.29, 0.717) is 12.2 Å². The van der Waals surface area contributed by atoms with Crippen molar-refractivity contribution >= 4 is 5.69 Å². The zero-order valence-electron chi connectivity index (χ0n) is 8.76. The molecule has 0 aliphatic carbocycles. The van der Waals surface area contributed by atoms with E-state index in [-0.39, 0.29) is 6.04 Å². The molecule has 15 heavy (non-hydrogen) atoms. The highest BCUT2D eigenvalue weighted by molar-refractivity contribution is 5.43. The van der Waals surface area contributed by atoms with Gasteiger partial charge in [-0.1, -0.05) is 0 Å². The maximum absolute atomic E-state index is 12.8. The molecule has 0 aliphatic rings. The van der Waals surface area contributed by atoms with Gasteiger partial charge in [0.15, 0.2) is 11.6 Å². The Balaban J connectivity index is 2.35. The van der Waals surface area contributed by atoms with Crippen LogP contribution in [0.4, 0.5) is 14.5 Å². The summed E-state index contributed by atoms with van der Waals surface area (Å²) in [5.74, 6) is -1.65. The first-order valence-electron chi connectivity index (χ1n) is 5.04. The summed E-state index contributed by atoms with van der Waals surface area (Å²) in [6, 6.07) is 3.96. The van der Waals surface area contributed by atoms with Crippen molar-refractivity contribution < 1.29 is 8.78 Å². The lowest BCUT2D eigenvalue weighted by Crippen LogP contribution is -2.16. The third-order valence-electron chi connectivity index (χ3n) is 2.08. The largest absolute Gasteiger partial charge is 0.385 e. The summed E-state index contributed by atoms with van der Waals surface area (Å²) < 4.78 is 25.4. The van der Waals surface area contributed by atoms with E-state index < -0.39 is 11.6 Å². The van der Waals surface area contributed by atoms with Crippen molar-refractivity contribution in [1.82, 2.24) is 0 Å². The summed E-state index contributed by atoms with van der Waals surface area (Å²) in [5, 5.41) is 3.01. The van der Waals surface area contributed by atoms with Crippen LogP contribution in [0, 0.1) is 11.6 Å². The average Bonchev–Trinajstić information content (AvgIpc) is 2.18. The number of nitrogens with one attached hydrogen (secondary N) is 1. The third-order valence-corrected chi connectivity index (χ3v) is 2.08. The van der Waals surface area contributed by atoms with Gasteiger partial charge in [-0.25, -0.2) is 8.78 Å². The van der Waals surface area contributed by atoms with E-state index >= 15 is 0 Å². The summed E-state index contributed by atoms with van der Waals surface area (Å²) >= 11 is 0. The maximum Gasteiger partial charge on any atom is 0.160 e. The van der Waals surface area contributed by atoms with Gasteiger partial charge in [-0.05, 0) is 38.0 Å². The van der Waals surface area contributed by atoms with Gasteiger partial charge in [0.1, 0.15) is 0 Å². The van der Waals surface area contributed by atoms with Crippen LogP contribution in [0.2, 0.25) is 0 Å². The summed E-state index contributed by atoms with van der Waals surface area (Å²) in [5.41, 5.74) is 6.17. The van der Waals surface area contributed by atoms with E-state index in [1.807, 2.05) is 6.92 Å². The number of hydrogen-bond donors (Lipinski definition) is 2. The SMILES string of the molecule is CC(N)CCCNc1ccc(F)c(F)c1. The van der Waals surface area contributed by atoms with E-state index in [2.05, 4.69) is 5.32 Å². The Morgan fingerprint density at radius 2 is 2.07 bits per heavy atom. The second-order valence-electron chi connectivity index (χ2n) is 3.68. The van der Waals surface area contributed by atoms with Gasteiger partial charge in [0.25, 0.3) is 0 Å². The van der Waals surface area contributed by atoms with E-state index in [4.69, 9.17) is 5.73 Å². The highest BCUT2D eigenvalue weighted by Gasteiger charge is 2.01. The second kappa shape index (κ2) is 5.66. The van der Waals surface area contributed by atoms with Gasteiger partial charge in [-0.15, -0.1) is 0 Å². The molecule has 2 nitrogen and oxygen atoms in total. The van der Waals surface area contributed by atoms with Crippen LogP contribution in [0.25, 0.3) is 0 Å². The highest BCUT2D eigenvalue weighted by atomic mass is 19.2. The van der Waals surface area contributed by atoms with Gasteiger partial charge in [0, 0.05) is 18.3 Å². The molecule has 1 aromatic carbocycles. The number of anilines is 1. The first-order valence-corrected chi connectivity index (χ1v) is 5.04. The Morgan fingerprint density at radius 3 is 2.67 bits per heavy atom. The van der Waals surface area contributed by atoms with Crippen molar-refractivity contribution in [2.45, 2.75) is 25.8 Å². The van der Waals surface area contributed by atoms with Crippen molar-refractivity contribution in [2.75, 3.05) is 11.9 Å². The van der Waals surface area contributed by atoms with Crippen molar-refractivity contribution in [2.24, 2.45) is 5.73 Å². The Morgan fingerprint density at radius 1 is 1.33 bits per heavy atom. The van der Waals surface area contributed by atoms with Gasteiger partial charge in [-0.2, -0.15) is 0 Å². The normalized spacial score (nSPS) is 12.5. The van der Waals surface area contributed by atoms with Gasteiger partial charge < -0.3 is 11.1 Å². The second-order valence-corrected chi connectivity index (χ2v) is 3.68. The minimum atomic E-state index is -0.827. The Labute approximate surface area is 88.5 Å². The molecule has 1 atom stereocenters. The molecule has 0 heterocycles. The van der Waals surface area contributed by atoms with E-state index in [1.54, 1.807) is 0 Å². The van der Waals surface area contributed by atoms with E-state index in [1.165, 1.54) is 6.07 Å². The molecule has 0 aromatic heterocycles. The molecule has 0 amide bonds. The lowest BCUT2D eigenvalue weighted by Gasteiger charge is -2.08. The molecule has 1 rings (SSSR count). The van der Waals surface area contributed by atoms with Crippen molar-refractivity contribution in [1.29, 1.82) is 0 Å².